The van der Waals surface area contributed by atoms with Gasteiger partial charge in [0.2, 0.25) is 5.91 Å². The van der Waals surface area contributed by atoms with Crippen molar-refractivity contribution >= 4 is 18.0 Å². The van der Waals surface area contributed by atoms with Crippen LogP contribution in [0.4, 0.5) is 4.79 Å². The normalized spacial score (nSPS) is 18.3. The van der Waals surface area contributed by atoms with E-state index in [1.54, 1.807) is 20.8 Å². The van der Waals surface area contributed by atoms with Crippen molar-refractivity contribution in [3.63, 3.8) is 0 Å². The third-order valence-corrected chi connectivity index (χ3v) is 5.17. The zero-order valence-electron chi connectivity index (χ0n) is 19.7. The van der Waals surface area contributed by atoms with Gasteiger partial charge in [-0.3, -0.25) is 14.5 Å². The number of likely N-dealkylation sites (tertiary alicyclic amines) is 1. The lowest BCUT2D eigenvalue weighted by molar-refractivity contribution is -0.142. The third-order valence-electron chi connectivity index (χ3n) is 5.17. The topological polar surface area (TPSA) is 120 Å². The van der Waals surface area contributed by atoms with E-state index in [-0.39, 0.29) is 18.3 Å². The molecule has 182 valence electrons. The van der Waals surface area contributed by atoms with Gasteiger partial charge in [0.05, 0.1) is 12.6 Å². The number of ether oxygens (including phenoxy) is 2. The van der Waals surface area contributed by atoms with E-state index < -0.39 is 29.6 Å². The van der Waals surface area contributed by atoms with Gasteiger partial charge in [-0.1, -0.05) is 30.3 Å². The van der Waals surface area contributed by atoms with Crippen LogP contribution in [0.25, 0.3) is 0 Å². The summed E-state index contributed by atoms with van der Waals surface area (Å²) in [4.78, 5) is 44.1. The number of hydrogen-bond acceptors (Lipinski definition) is 7. The maximum atomic E-state index is 13.0. The molecule has 34 heavy (non-hydrogen) atoms. The second-order valence-electron chi connectivity index (χ2n) is 9.12. The average molecular weight is 470 g/mol. The third kappa shape index (κ3) is 7.29. The Morgan fingerprint density at radius 2 is 1.71 bits per heavy atom. The molecule has 1 aliphatic heterocycles. The Labute approximate surface area is 199 Å². The highest BCUT2D eigenvalue weighted by molar-refractivity contribution is 5.93. The molecule has 1 saturated heterocycles. The van der Waals surface area contributed by atoms with Crippen molar-refractivity contribution in [3.05, 3.63) is 65.7 Å². The number of piperidine rings is 1. The lowest BCUT2D eigenvalue weighted by Crippen LogP contribution is -2.57. The van der Waals surface area contributed by atoms with E-state index in [1.165, 1.54) is 29.2 Å². The molecule has 2 atom stereocenters. The average Bonchev–Trinajstić information content (AvgIpc) is 2.79. The minimum atomic E-state index is -0.821. The first-order chi connectivity index (χ1) is 16.1. The van der Waals surface area contributed by atoms with Crippen LogP contribution in [0.1, 0.15) is 49.5 Å². The first-order valence-corrected chi connectivity index (χ1v) is 11.1. The molecular formula is C25H31N3O6. The maximum absolute atomic E-state index is 13.0. The van der Waals surface area contributed by atoms with Gasteiger partial charge in [-0.2, -0.15) is 5.48 Å². The molecule has 9 nitrogen and oxygen atoms in total. The summed E-state index contributed by atoms with van der Waals surface area (Å²) in [7, 11) is 0. The van der Waals surface area contributed by atoms with Crippen LogP contribution in [-0.2, 0) is 21.0 Å². The van der Waals surface area contributed by atoms with Crippen LogP contribution in [0.3, 0.4) is 0 Å². The minimum absolute atomic E-state index is 0.185. The number of nitrogens with one attached hydrogen (secondary N) is 1. The lowest BCUT2D eigenvalue weighted by Gasteiger charge is -2.38. The first-order valence-electron chi connectivity index (χ1n) is 11.1. The molecule has 3 rings (SSSR count). The number of hydrogen-bond donors (Lipinski definition) is 2. The molecule has 0 saturated carbocycles. The highest BCUT2D eigenvalue weighted by Gasteiger charge is 2.39. The molecule has 0 radical (unpaired) electrons. The standard InChI is InChI=1S/C25H31N3O6/c1-25(2,3)34-24(31)28-15-19(27-32-16-17-7-5-4-6-8-17)11-14-21(28)23(30)33-20-12-9-18(10-13-20)22(26)29/h4-10,12-13,19,21,27H,11,14-16H2,1-3H3,(H2,26,29)/t19-,21+/m1/s1. The molecule has 0 aliphatic carbocycles. The van der Waals surface area contributed by atoms with Crippen molar-refractivity contribution in [3.8, 4) is 5.75 Å². The number of rotatable bonds is 7. The molecule has 1 heterocycles. The minimum Gasteiger partial charge on any atom is -0.444 e. The second kappa shape index (κ2) is 11.1. The zero-order chi connectivity index (χ0) is 24.7. The first kappa shape index (κ1) is 25.2. The van der Waals surface area contributed by atoms with E-state index in [1.807, 2.05) is 30.3 Å². The quantitative estimate of drug-likeness (QED) is 0.363. The lowest BCUT2D eigenvalue weighted by atomic mass is 9.99. The van der Waals surface area contributed by atoms with Crippen LogP contribution in [0.5, 0.6) is 5.75 Å². The molecule has 2 aromatic carbocycles. The monoisotopic (exact) mass is 469 g/mol. The van der Waals surface area contributed by atoms with Gasteiger partial charge in [0.1, 0.15) is 17.4 Å². The van der Waals surface area contributed by atoms with Crippen molar-refractivity contribution in [1.82, 2.24) is 10.4 Å². The fraction of sp³-hybridized carbons (Fsp3) is 0.400. The molecule has 0 unspecified atom stereocenters. The van der Waals surface area contributed by atoms with Crippen LogP contribution in [0.2, 0.25) is 0 Å². The molecule has 0 spiro atoms. The van der Waals surface area contributed by atoms with Gasteiger partial charge in [-0.05, 0) is 63.4 Å². The summed E-state index contributed by atoms with van der Waals surface area (Å²) < 4.78 is 11.0. The van der Waals surface area contributed by atoms with Gasteiger partial charge < -0.3 is 15.2 Å². The molecule has 2 amide bonds. The maximum Gasteiger partial charge on any atom is 0.411 e. The van der Waals surface area contributed by atoms with Gasteiger partial charge in [0.25, 0.3) is 0 Å². The molecule has 0 bridgehead atoms. The number of primary amides is 1. The number of carbonyl (C=O) groups excluding carboxylic acids is 3. The zero-order valence-corrected chi connectivity index (χ0v) is 19.7. The molecule has 0 aromatic heterocycles. The van der Waals surface area contributed by atoms with E-state index in [9.17, 15) is 14.4 Å². The Kier molecular flexibility index (Phi) is 8.25. The molecule has 3 N–H and O–H groups in total. The summed E-state index contributed by atoms with van der Waals surface area (Å²) in [5.74, 6) is -0.902. The summed E-state index contributed by atoms with van der Waals surface area (Å²) in [5.41, 5.74) is 8.84. The van der Waals surface area contributed by atoms with Gasteiger partial charge >= 0.3 is 12.1 Å². The summed E-state index contributed by atoms with van der Waals surface area (Å²) in [6, 6.07) is 14.6. The van der Waals surface area contributed by atoms with Crippen molar-refractivity contribution in [2.24, 2.45) is 5.73 Å². The fourth-order valence-corrected chi connectivity index (χ4v) is 3.52. The highest BCUT2D eigenvalue weighted by atomic mass is 16.6. The number of nitrogens with two attached hydrogens (primary N) is 1. The SMILES string of the molecule is CC(C)(C)OC(=O)N1C[C@H](NOCc2ccccc2)CC[C@H]1C(=O)Oc1ccc(C(N)=O)cc1. The van der Waals surface area contributed by atoms with Gasteiger partial charge in [-0.15, -0.1) is 0 Å². The molecule has 9 heteroatoms. The van der Waals surface area contributed by atoms with Crippen molar-refractivity contribution in [1.29, 1.82) is 0 Å². The van der Waals surface area contributed by atoms with Crippen molar-refractivity contribution in [2.45, 2.75) is 57.9 Å². The van der Waals surface area contributed by atoms with Crippen LogP contribution in [-0.4, -0.2) is 47.1 Å². The summed E-state index contributed by atoms with van der Waals surface area (Å²) in [6.45, 7) is 5.88. The largest absolute Gasteiger partial charge is 0.444 e. The number of esters is 1. The predicted molar refractivity (Wildman–Crippen MR) is 125 cm³/mol. The number of benzene rings is 2. The predicted octanol–water partition coefficient (Wildman–Crippen LogP) is 3.18. The van der Waals surface area contributed by atoms with E-state index >= 15 is 0 Å². The summed E-state index contributed by atoms with van der Waals surface area (Å²) in [6.07, 6.45) is 0.353. The van der Waals surface area contributed by atoms with Crippen LogP contribution in [0, 0.1) is 0 Å². The van der Waals surface area contributed by atoms with Gasteiger partial charge in [0.15, 0.2) is 0 Å². The Balaban J connectivity index is 1.65. The van der Waals surface area contributed by atoms with E-state index in [4.69, 9.17) is 20.0 Å². The Morgan fingerprint density at radius 1 is 1.03 bits per heavy atom. The number of hydroxylamine groups is 1. The van der Waals surface area contributed by atoms with Crippen LogP contribution < -0.4 is 16.0 Å². The van der Waals surface area contributed by atoms with E-state index in [0.717, 1.165) is 5.56 Å². The Morgan fingerprint density at radius 3 is 2.32 bits per heavy atom. The van der Waals surface area contributed by atoms with E-state index in [2.05, 4.69) is 5.48 Å². The molecule has 1 aliphatic rings. The number of carbonyl (C=O) groups is 3. The van der Waals surface area contributed by atoms with Crippen molar-refractivity contribution in [2.75, 3.05) is 6.54 Å². The van der Waals surface area contributed by atoms with E-state index in [0.29, 0.717) is 25.0 Å². The molecular weight excluding hydrogens is 438 g/mol. The number of amides is 2. The van der Waals surface area contributed by atoms with Crippen LogP contribution >= 0.6 is 0 Å². The second-order valence-corrected chi connectivity index (χ2v) is 9.12. The molecule has 2 aromatic rings. The fourth-order valence-electron chi connectivity index (χ4n) is 3.52. The Bertz CT molecular complexity index is 988. The Hall–Kier alpha value is -3.43. The van der Waals surface area contributed by atoms with Crippen LogP contribution in [0.15, 0.2) is 54.6 Å². The highest BCUT2D eigenvalue weighted by Crippen LogP contribution is 2.23. The van der Waals surface area contributed by atoms with Crippen molar-refractivity contribution < 1.29 is 28.7 Å². The summed E-state index contributed by atoms with van der Waals surface area (Å²) in [5, 5.41) is 0. The summed E-state index contributed by atoms with van der Waals surface area (Å²) >= 11 is 0. The van der Waals surface area contributed by atoms with Gasteiger partial charge in [-0.25, -0.2) is 9.59 Å². The smallest absolute Gasteiger partial charge is 0.411 e. The molecule has 1 fully saturated rings. The number of nitrogens with zero attached hydrogens (tertiary/aromatic N) is 1. The van der Waals surface area contributed by atoms with Gasteiger partial charge in [0, 0.05) is 12.1 Å².